The summed E-state index contributed by atoms with van der Waals surface area (Å²) in [6, 6.07) is 11.6. The van der Waals surface area contributed by atoms with Crippen LogP contribution in [0.25, 0.3) is 0 Å². The van der Waals surface area contributed by atoms with Gasteiger partial charge in [-0.25, -0.2) is 0 Å². The molecule has 0 saturated carbocycles. The summed E-state index contributed by atoms with van der Waals surface area (Å²) in [7, 11) is 1.77. The predicted octanol–water partition coefficient (Wildman–Crippen LogP) is 6.04. The summed E-state index contributed by atoms with van der Waals surface area (Å²) in [5, 5.41) is 10.8. The van der Waals surface area contributed by atoms with Gasteiger partial charge in [0.25, 0.3) is 0 Å². The summed E-state index contributed by atoms with van der Waals surface area (Å²) in [6.45, 7) is 2.87. The molecule has 2 aliphatic rings. The van der Waals surface area contributed by atoms with Crippen LogP contribution in [-0.2, 0) is 22.6 Å². The Morgan fingerprint density at radius 3 is 2.44 bits per heavy atom. The van der Waals surface area contributed by atoms with Crippen molar-refractivity contribution in [2.75, 3.05) is 31.6 Å². The second-order valence-electron chi connectivity index (χ2n) is 10.1. The lowest BCUT2D eigenvalue weighted by Gasteiger charge is -2.28. The van der Waals surface area contributed by atoms with Crippen LogP contribution in [0.2, 0.25) is 5.02 Å². The number of fused-ring (bicyclic) bond motifs is 2. The molecule has 1 unspecified atom stereocenters. The molecule has 2 heterocycles. The van der Waals surface area contributed by atoms with Crippen LogP contribution in [0.1, 0.15) is 74.0 Å². The number of anilines is 1. The van der Waals surface area contributed by atoms with Crippen molar-refractivity contribution in [3.8, 4) is 5.75 Å². The average Bonchev–Trinajstić information content (AvgIpc) is 2.89. The third kappa shape index (κ3) is 6.73. The van der Waals surface area contributed by atoms with Crippen LogP contribution in [0, 0.1) is 0 Å². The van der Waals surface area contributed by atoms with E-state index in [-0.39, 0.29) is 12.3 Å². The fraction of sp³-hybridized carbons (Fsp3) is 0.517. The van der Waals surface area contributed by atoms with Crippen LogP contribution in [0.4, 0.5) is 5.69 Å². The first-order valence-electron chi connectivity index (χ1n) is 13.2. The molecule has 2 aromatic carbocycles. The topological polar surface area (TPSA) is 70.1 Å². The number of carbonyl (C=O) groups excluding carboxylic acids is 1. The van der Waals surface area contributed by atoms with Crippen LogP contribution in [-0.4, -0.2) is 48.6 Å². The molecule has 0 saturated heterocycles. The maximum atomic E-state index is 12.8. The summed E-state index contributed by atoms with van der Waals surface area (Å²) in [4.78, 5) is 29.1. The van der Waals surface area contributed by atoms with Gasteiger partial charge in [-0.05, 0) is 73.1 Å². The van der Waals surface area contributed by atoms with Gasteiger partial charge in [0.1, 0.15) is 12.4 Å². The molecule has 2 aliphatic heterocycles. The number of carboxylic acids is 1. The van der Waals surface area contributed by atoms with E-state index >= 15 is 0 Å². The molecule has 6 nitrogen and oxygen atoms in total. The van der Waals surface area contributed by atoms with Crippen molar-refractivity contribution in [3.63, 3.8) is 0 Å². The van der Waals surface area contributed by atoms with Gasteiger partial charge >= 0.3 is 5.97 Å². The van der Waals surface area contributed by atoms with Gasteiger partial charge in [-0.1, -0.05) is 43.0 Å². The van der Waals surface area contributed by atoms with E-state index in [0.29, 0.717) is 18.7 Å². The van der Waals surface area contributed by atoms with Gasteiger partial charge in [-0.15, -0.1) is 0 Å². The molecule has 0 aliphatic carbocycles. The van der Waals surface area contributed by atoms with Gasteiger partial charge in [0, 0.05) is 38.1 Å². The summed E-state index contributed by atoms with van der Waals surface area (Å²) in [5.41, 5.74) is 3.91. The molecule has 7 heteroatoms. The van der Waals surface area contributed by atoms with E-state index < -0.39 is 11.9 Å². The van der Waals surface area contributed by atoms with E-state index in [2.05, 4.69) is 4.90 Å². The molecule has 0 radical (unpaired) electrons. The zero-order valence-electron chi connectivity index (χ0n) is 21.2. The smallest absolute Gasteiger partial charge is 0.311 e. The Labute approximate surface area is 219 Å². The van der Waals surface area contributed by atoms with Crippen molar-refractivity contribution < 1.29 is 19.4 Å². The number of aliphatic carboxylic acids is 1. The molecule has 1 amide bonds. The number of amides is 1. The highest BCUT2D eigenvalue weighted by molar-refractivity contribution is 6.30. The van der Waals surface area contributed by atoms with Crippen molar-refractivity contribution in [2.45, 2.75) is 70.3 Å². The van der Waals surface area contributed by atoms with Crippen LogP contribution in [0.3, 0.4) is 0 Å². The minimum Gasteiger partial charge on any atom is -0.487 e. The zero-order valence-corrected chi connectivity index (χ0v) is 21.9. The number of nitrogens with zero attached hydrogens (tertiary/aromatic N) is 2. The zero-order chi connectivity index (χ0) is 25.5. The van der Waals surface area contributed by atoms with E-state index in [1.54, 1.807) is 11.9 Å². The van der Waals surface area contributed by atoms with Crippen LogP contribution in [0.5, 0.6) is 5.75 Å². The quantitative estimate of drug-likeness (QED) is 0.504. The highest BCUT2D eigenvalue weighted by Gasteiger charge is 2.27. The van der Waals surface area contributed by atoms with E-state index in [4.69, 9.17) is 16.3 Å². The number of rotatable bonds is 1. The molecule has 4 rings (SSSR count). The lowest BCUT2D eigenvalue weighted by atomic mass is 9.94. The maximum Gasteiger partial charge on any atom is 0.311 e. The molecule has 1 N–H and O–H groups in total. The van der Waals surface area contributed by atoms with Crippen molar-refractivity contribution in [2.24, 2.45) is 0 Å². The van der Waals surface area contributed by atoms with E-state index in [1.807, 2.05) is 36.4 Å². The van der Waals surface area contributed by atoms with Crippen molar-refractivity contribution in [1.29, 1.82) is 0 Å². The van der Waals surface area contributed by atoms with Gasteiger partial charge in [-0.2, -0.15) is 0 Å². The second kappa shape index (κ2) is 12.5. The molecule has 36 heavy (non-hydrogen) atoms. The van der Waals surface area contributed by atoms with Gasteiger partial charge in [-0.3, -0.25) is 9.59 Å². The number of carbonyl (C=O) groups is 2. The summed E-state index contributed by atoms with van der Waals surface area (Å²) in [6.07, 6.45) is 8.31. The normalized spacial score (nSPS) is 20.3. The molecule has 194 valence electrons. The first kappa shape index (κ1) is 26.3. The number of aryl methyl sites for hydroxylation is 1. The third-order valence-electron chi connectivity index (χ3n) is 7.43. The fourth-order valence-corrected chi connectivity index (χ4v) is 5.39. The van der Waals surface area contributed by atoms with Crippen LogP contribution >= 0.6 is 11.6 Å². The van der Waals surface area contributed by atoms with Gasteiger partial charge < -0.3 is 19.6 Å². The predicted molar refractivity (Wildman–Crippen MR) is 143 cm³/mol. The molecular weight excluding hydrogens is 476 g/mol. The first-order chi connectivity index (χ1) is 17.4. The molecular formula is C29H37ClN2O4. The maximum absolute atomic E-state index is 12.8. The lowest BCUT2D eigenvalue weighted by Crippen LogP contribution is -2.30. The van der Waals surface area contributed by atoms with E-state index in [0.717, 1.165) is 86.5 Å². The van der Waals surface area contributed by atoms with Gasteiger partial charge in [0.2, 0.25) is 5.91 Å². The Morgan fingerprint density at radius 1 is 0.944 bits per heavy atom. The Kier molecular flexibility index (Phi) is 9.13. The second-order valence-corrected chi connectivity index (χ2v) is 10.5. The van der Waals surface area contributed by atoms with Crippen molar-refractivity contribution in [1.82, 2.24) is 4.90 Å². The number of carboxylic acid groups (broad SMARTS) is 1. The largest absolute Gasteiger partial charge is 0.487 e. The van der Waals surface area contributed by atoms with Gasteiger partial charge in [0.05, 0.1) is 11.6 Å². The summed E-state index contributed by atoms with van der Waals surface area (Å²) < 4.78 is 6.36. The monoisotopic (exact) mass is 512 g/mol. The molecule has 0 spiro atoms. The lowest BCUT2D eigenvalue weighted by molar-refractivity contribution is -0.142. The number of hydrogen-bond acceptors (Lipinski definition) is 4. The Bertz CT molecular complexity index is 1070. The molecule has 0 aromatic heterocycles. The Balaban J connectivity index is 1.71. The highest BCUT2D eigenvalue weighted by atomic mass is 35.5. The van der Waals surface area contributed by atoms with Gasteiger partial charge in [0.15, 0.2) is 0 Å². The third-order valence-corrected chi connectivity index (χ3v) is 7.66. The first-order valence-corrected chi connectivity index (χ1v) is 13.6. The molecule has 2 aromatic rings. The Hall–Kier alpha value is -2.73. The SMILES string of the molecule is CN1CCCCCCCN2CCCCc3cc(Cl)ccc3COc3ccc(cc32)C(C(=O)O)CC1=O. The average molecular weight is 513 g/mol. The number of ether oxygens (including phenoxy) is 1. The number of hydrogen-bond donors (Lipinski definition) is 1. The summed E-state index contributed by atoms with van der Waals surface area (Å²) in [5.74, 6) is -1.25. The number of benzene rings is 2. The van der Waals surface area contributed by atoms with Crippen LogP contribution < -0.4 is 9.64 Å². The summed E-state index contributed by atoms with van der Waals surface area (Å²) >= 11 is 6.27. The molecule has 2 bridgehead atoms. The fourth-order valence-electron chi connectivity index (χ4n) is 5.20. The van der Waals surface area contributed by atoms with Crippen LogP contribution in [0.15, 0.2) is 36.4 Å². The Morgan fingerprint density at radius 2 is 1.67 bits per heavy atom. The molecule has 1 atom stereocenters. The van der Waals surface area contributed by atoms with E-state index in [1.165, 1.54) is 5.56 Å². The highest BCUT2D eigenvalue weighted by Crippen LogP contribution is 2.36. The van der Waals surface area contributed by atoms with Crippen molar-refractivity contribution >= 4 is 29.2 Å². The van der Waals surface area contributed by atoms with Crippen molar-refractivity contribution in [3.05, 3.63) is 58.1 Å². The molecule has 0 fully saturated rings. The van der Waals surface area contributed by atoms with E-state index in [9.17, 15) is 14.7 Å². The minimum atomic E-state index is -0.976. The minimum absolute atomic E-state index is 0.0421. The number of halogens is 1. The standard InChI is InChI=1S/C29H37ClN2O4/c1-31-14-6-3-2-4-7-15-32-16-8-5-9-21-17-24(30)12-10-23(21)20-36-27-13-11-22(18-26(27)32)25(29(34)35)19-28(31)33/h10-13,17-18,25H,2-9,14-16,19-20H2,1H3,(H,34,35).